The molecule has 4 aromatic heterocycles. The summed E-state index contributed by atoms with van der Waals surface area (Å²) in [7, 11) is 0. The van der Waals surface area contributed by atoms with Crippen molar-refractivity contribution in [1.82, 2.24) is 29.7 Å². The molecule has 0 aliphatic rings. The first-order valence-corrected chi connectivity index (χ1v) is 9.50. The van der Waals surface area contributed by atoms with Gasteiger partial charge in [0.15, 0.2) is 0 Å². The van der Waals surface area contributed by atoms with Crippen molar-refractivity contribution in [2.45, 2.75) is 27.3 Å². The summed E-state index contributed by atoms with van der Waals surface area (Å²) in [6, 6.07) is 7.56. The highest BCUT2D eigenvalue weighted by Crippen LogP contribution is 2.27. The maximum absolute atomic E-state index is 12.6. The molecule has 4 rings (SSSR count). The van der Waals surface area contributed by atoms with E-state index in [2.05, 4.69) is 30.4 Å². The molecule has 150 valence electrons. The number of aryl methyl sites for hydroxylation is 2. The van der Waals surface area contributed by atoms with Gasteiger partial charge in [-0.1, -0.05) is 0 Å². The van der Waals surface area contributed by atoms with Crippen LogP contribution in [0.5, 0.6) is 0 Å². The van der Waals surface area contributed by atoms with E-state index in [-0.39, 0.29) is 12.5 Å². The largest absolute Gasteiger partial charge is 0.309 e. The monoisotopic (exact) mass is 399 g/mol. The zero-order valence-corrected chi connectivity index (χ0v) is 17.0. The normalized spacial score (nSPS) is 10.8. The fourth-order valence-electron chi connectivity index (χ4n) is 3.36. The Morgan fingerprint density at radius 3 is 2.53 bits per heavy atom. The highest BCUT2D eigenvalue weighted by Gasteiger charge is 2.16. The molecule has 0 spiro atoms. The average molecular weight is 399 g/mol. The molecule has 0 saturated carbocycles. The fraction of sp³-hybridized carbons (Fsp3) is 0.182. The zero-order chi connectivity index (χ0) is 21.1. The average Bonchev–Trinajstić information content (AvgIpc) is 3.02. The second-order valence-electron chi connectivity index (χ2n) is 6.96. The highest BCUT2D eigenvalue weighted by atomic mass is 16.2. The minimum absolute atomic E-state index is 0.102. The summed E-state index contributed by atoms with van der Waals surface area (Å²) < 4.78 is 1.71. The molecule has 0 aliphatic carbocycles. The van der Waals surface area contributed by atoms with E-state index in [0.29, 0.717) is 5.82 Å². The van der Waals surface area contributed by atoms with Gasteiger partial charge in [-0.15, -0.1) is 0 Å². The van der Waals surface area contributed by atoms with Crippen molar-refractivity contribution in [2.75, 3.05) is 5.32 Å². The summed E-state index contributed by atoms with van der Waals surface area (Å²) in [4.78, 5) is 29.4. The number of anilines is 1. The van der Waals surface area contributed by atoms with Crippen molar-refractivity contribution >= 4 is 11.7 Å². The number of hydrogen-bond acceptors (Lipinski definition) is 6. The molecule has 0 unspecified atom stereocenters. The summed E-state index contributed by atoms with van der Waals surface area (Å²) in [5.74, 6) is 0.275. The number of rotatable bonds is 5. The lowest BCUT2D eigenvalue weighted by molar-refractivity contribution is -0.117. The quantitative estimate of drug-likeness (QED) is 0.552. The summed E-state index contributed by atoms with van der Waals surface area (Å²) in [6.07, 6.45) is 8.35. The molecule has 1 amide bonds. The van der Waals surface area contributed by atoms with E-state index >= 15 is 0 Å². The maximum atomic E-state index is 12.6. The molecule has 4 heterocycles. The van der Waals surface area contributed by atoms with E-state index in [9.17, 15) is 4.79 Å². The van der Waals surface area contributed by atoms with Crippen LogP contribution in [-0.2, 0) is 11.3 Å². The van der Waals surface area contributed by atoms with Gasteiger partial charge in [0.1, 0.15) is 12.4 Å². The van der Waals surface area contributed by atoms with Crippen LogP contribution in [0.3, 0.4) is 0 Å². The van der Waals surface area contributed by atoms with Crippen molar-refractivity contribution in [3.63, 3.8) is 0 Å². The number of carbonyl (C=O) groups excluding carboxylic acids is 1. The lowest BCUT2D eigenvalue weighted by Gasteiger charge is -2.08. The number of carbonyl (C=O) groups is 1. The Morgan fingerprint density at radius 2 is 1.83 bits per heavy atom. The fourth-order valence-corrected chi connectivity index (χ4v) is 3.36. The molecular formula is C22H21N7O. The lowest BCUT2D eigenvalue weighted by Crippen LogP contribution is -2.20. The molecule has 1 N–H and O–H groups in total. The molecule has 0 aromatic carbocycles. The van der Waals surface area contributed by atoms with Gasteiger partial charge in [-0.2, -0.15) is 5.10 Å². The van der Waals surface area contributed by atoms with E-state index in [4.69, 9.17) is 0 Å². The van der Waals surface area contributed by atoms with Crippen molar-refractivity contribution in [1.29, 1.82) is 0 Å². The Labute approximate surface area is 174 Å². The second kappa shape index (κ2) is 8.20. The van der Waals surface area contributed by atoms with Gasteiger partial charge in [-0.3, -0.25) is 24.4 Å². The van der Waals surface area contributed by atoms with Crippen LogP contribution in [0.4, 0.5) is 5.82 Å². The third-order valence-electron chi connectivity index (χ3n) is 4.75. The van der Waals surface area contributed by atoms with Crippen LogP contribution in [0.25, 0.3) is 22.4 Å². The van der Waals surface area contributed by atoms with Crippen LogP contribution in [-0.4, -0.2) is 35.6 Å². The number of amides is 1. The van der Waals surface area contributed by atoms with Gasteiger partial charge in [0.05, 0.1) is 17.6 Å². The Kier molecular flexibility index (Phi) is 5.30. The number of nitrogens with one attached hydrogen (secondary N) is 1. The molecule has 0 fully saturated rings. The van der Waals surface area contributed by atoms with Crippen LogP contribution in [0.2, 0.25) is 0 Å². The van der Waals surface area contributed by atoms with Gasteiger partial charge in [-0.25, -0.2) is 4.98 Å². The Morgan fingerprint density at radius 1 is 0.967 bits per heavy atom. The molecule has 0 atom stereocenters. The summed E-state index contributed by atoms with van der Waals surface area (Å²) in [5, 5.41) is 7.37. The predicted molar refractivity (Wildman–Crippen MR) is 114 cm³/mol. The highest BCUT2D eigenvalue weighted by molar-refractivity contribution is 5.89. The van der Waals surface area contributed by atoms with Crippen molar-refractivity contribution in [3.8, 4) is 22.4 Å². The third-order valence-corrected chi connectivity index (χ3v) is 4.75. The predicted octanol–water partition coefficient (Wildman–Crippen LogP) is 3.36. The standard InChI is InChI=1S/C22H21N7O/c1-14-10-17(6-7-24-14)22-15(2)28-29(16(22)3)13-21(30)27-20-5-4-18(11-26-20)19-12-23-8-9-25-19/h4-12H,13H2,1-3H3,(H,26,27,30). The van der Waals surface area contributed by atoms with Crippen molar-refractivity contribution in [2.24, 2.45) is 0 Å². The van der Waals surface area contributed by atoms with Crippen LogP contribution in [0, 0.1) is 20.8 Å². The molecule has 4 aromatic rings. The van der Waals surface area contributed by atoms with Gasteiger partial charge in [0.25, 0.3) is 0 Å². The molecule has 0 radical (unpaired) electrons. The smallest absolute Gasteiger partial charge is 0.247 e. The number of nitrogens with zero attached hydrogens (tertiary/aromatic N) is 6. The zero-order valence-electron chi connectivity index (χ0n) is 17.0. The molecule has 0 saturated heterocycles. The van der Waals surface area contributed by atoms with Crippen molar-refractivity contribution < 1.29 is 4.79 Å². The molecule has 8 heteroatoms. The molecule has 0 aliphatic heterocycles. The van der Waals surface area contributed by atoms with Crippen LogP contribution >= 0.6 is 0 Å². The molecular weight excluding hydrogens is 378 g/mol. The topological polar surface area (TPSA) is 98.5 Å². The first-order chi connectivity index (χ1) is 14.5. The SMILES string of the molecule is Cc1cc(-c2c(C)nn(CC(=O)Nc3ccc(-c4cnccn4)cn3)c2C)ccn1. The van der Waals surface area contributed by atoms with Gasteiger partial charge < -0.3 is 5.32 Å². The third kappa shape index (κ3) is 4.07. The first-order valence-electron chi connectivity index (χ1n) is 9.50. The Balaban J connectivity index is 1.48. The number of aromatic nitrogens is 6. The minimum atomic E-state index is -0.196. The van der Waals surface area contributed by atoms with Gasteiger partial charge in [-0.05, 0) is 50.6 Å². The second-order valence-corrected chi connectivity index (χ2v) is 6.96. The molecule has 0 bridgehead atoms. The minimum Gasteiger partial charge on any atom is -0.309 e. The maximum Gasteiger partial charge on any atom is 0.247 e. The van der Waals surface area contributed by atoms with Gasteiger partial charge in [0, 0.05) is 47.3 Å². The summed E-state index contributed by atoms with van der Waals surface area (Å²) in [6.45, 7) is 5.96. The van der Waals surface area contributed by atoms with Gasteiger partial charge in [0.2, 0.25) is 5.91 Å². The van der Waals surface area contributed by atoms with E-state index in [0.717, 1.165) is 39.5 Å². The Bertz CT molecular complexity index is 1180. The lowest BCUT2D eigenvalue weighted by atomic mass is 10.0. The van der Waals surface area contributed by atoms with E-state index < -0.39 is 0 Å². The van der Waals surface area contributed by atoms with Crippen LogP contribution in [0.1, 0.15) is 17.1 Å². The van der Waals surface area contributed by atoms with Crippen LogP contribution < -0.4 is 5.32 Å². The van der Waals surface area contributed by atoms with Crippen LogP contribution in [0.15, 0.2) is 55.2 Å². The summed E-state index contributed by atoms with van der Waals surface area (Å²) >= 11 is 0. The molecule has 30 heavy (non-hydrogen) atoms. The van der Waals surface area contributed by atoms with E-state index in [1.54, 1.807) is 41.7 Å². The van der Waals surface area contributed by atoms with E-state index in [1.165, 1.54) is 0 Å². The van der Waals surface area contributed by atoms with Gasteiger partial charge >= 0.3 is 0 Å². The number of pyridine rings is 2. The first kappa shape index (κ1) is 19.4. The van der Waals surface area contributed by atoms with E-state index in [1.807, 2.05) is 39.0 Å². The summed E-state index contributed by atoms with van der Waals surface area (Å²) in [5.41, 5.74) is 6.37. The van der Waals surface area contributed by atoms with Crippen molar-refractivity contribution in [3.05, 3.63) is 72.3 Å². The molecule has 8 nitrogen and oxygen atoms in total. The number of hydrogen-bond donors (Lipinski definition) is 1. The Hall–Kier alpha value is -3.94.